The van der Waals surface area contributed by atoms with Crippen LogP contribution in [0.5, 0.6) is 0 Å². The smallest absolute Gasteiger partial charge is 0.395 e. The number of nitrogens with zero attached hydrogens (tertiary/aromatic N) is 3. The summed E-state index contributed by atoms with van der Waals surface area (Å²) in [5, 5.41) is 126. The van der Waals surface area contributed by atoms with Gasteiger partial charge in [-0.1, -0.05) is 38.5 Å². The Morgan fingerprint density at radius 2 is 0.603 bits per heavy atom. The van der Waals surface area contributed by atoms with Crippen LogP contribution < -0.4 is 31.9 Å². The average molecular weight is 1720 g/mol. The Morgan fingerprint density at radius 3 is 0.888 bits per heavy atom. The second-order valence-corrected chi connectivity index (χ2v) is 31.3. The minimum absolute atomic E-state index is 0.0275. The normalized spacial score (nSPS) is 24.4. The van der Waals surface area contributed by atoms with Crippen LogP contribution in [-0.2, 0) is 98.8 Å². The summed E-state index contributed by atoms with van der Waals surface area (Å²) in [6.45, 7) is -1.59. The summed E-state index contributed by atoms with van der Waals surface area (Å²) in [7, 11) is -9.91. The molecule has 0 aromatic heterocycles. The van der Waals surface area contributed by atoms with Crippen molar-refractivity contribution < 1.29 is 165 Å². The Morgan fingerprint density at radius 1 is 0.336 bits per heavy atom. The summed E-state index contributed by atoms with van der Waals surface area (Å²) in [6.07, 6.45) is -6.17. The molecule has 0 spiro atoms. The SMILES string of the molecule is CC(=O)NC1C(OCCCCCC(=O)NCCCCCC(=O)N(CCO)CCOP(=O)(O)OCCN(COP(=O)(O)OCCN(CCO)C(=O)CCCCCNC(=O)CCCCCOC2OC(CO)C(O)C(O)C2NC(C)=O)C(=O)CCCCCNC(=O)CCCCCOC2OC(CO)C(O)C(O)C2NC(C)=O)OC(CO)C(O)C1O. The van der Waals surface area contributed by atoms with E-state index in [2.05, 4.69) is 31.9 Å². The van der Waals surface area contributed by atoms with Crippen molar-refractivity contribution in [3.63, 3.8) is 0 Å². The monoisotopic (exact) mass is 1720 g/mol. The third-order valence-corrected chi connectivity index (χ3v) is 20.9. The van der Waals surface area contributed by atoms with E-state index in [0.717, 1.165) is 4.90 Å². The van der Waals surface area contributed by atoms with Crippen LogP contribution in [0.25, 0.3) is 0 Å². The number of phosphoric ester groups is 2. The zero-order valence-electron chi connectivity index (χ0n) is 66.9. The molecule has 0 radical (unpaired) electrons. The Balaban J connectivity index is 1.44. The molecule has 3 saturated heterocycles. The van der Waals surface area contributed by atoms with E-state index in [1.807, 2.05) is 0 Å². The van der Waals surface area contributed by atoms with E-state index in [0.29, 0.717) is 122 Å². The number of rotatable bonds is 64. The molecule has 3 aliphatic heterocycles. The van der Waals surface area contributed by atoms with Crippen molar-refractivity contribution in [2.24, 2.45) is 0 Å². The Labute approximate surface area is 676 Å². The number of unbranched alkanes of at least 4 members (excludes halogenated alkanes) is 12. The minimum Gasteiger partial charge on any atom is -0.395 e. The highest BCUT2D eigenvalue weighted by Gasteiger charge is 2.48. The maximum Gasteiger partial charge on any atom is 0.473 e. The summed E-state index contributed by atoms with van der Waals surface area (Å²) >= 11 is 0. The molecule has 43 nitrogen and oxygen atoms in total. The van der Waals surface area contributed by atoms with Crippen LogP contribution in [0, 0.1) is 0 Å². The maximum atomic E-state index is 13.7. The topological polar surface area (TPSA) is 625 Å². The molecule has 9 amide bonds. The molecule has 19 N–H and O–H groups in total. The van der Waals surface area contributed by atoms with E-state index in [-0.39, 0.29) is 115 Å². The molecule has 3 fully saturated rings. The number of nitrogens with one attached hydrogen (secondary N) is 6. The number of hydrogen-bond acceptors (Lipinski definition) is 32. The largest absolute Gasteiger partial charge is 0.473 e. The predicted octanol–water partition coefficient (Wildman–Crippen LogP) is -3.73. The lowest BCUT2D eigenvalue weighted by atomic mass is 9.97. The number of phosphoric acid groups is 2. The summed E-state index contributed by atoms with van der Waals surface area (Å²) in [6, 6.07) is -3.23. The fraction of sp³-hybridized carbons (Fsp3) is 0.873. The average Bonchev–Trinajstić information content (AvgIpc) is 0.817. The first-order chi connectivity index (χ1) is 55.3. The fourth-order valence-electron chi connectivity index (χ4n) is 12.5. The molecule has 3 aliphatic rings. The van der Waals surface area contributed by atoms with Gasteiger partial charge in [0.25, 0.3) is 0 Å². The van der Waals surface area contributed by atoms with Gasteiger partial charge in [-0.2, -0.15) is 0 Å². The number of amides is 9. The first-order valence-electron chi connectivity index (χ1n) is 39.9. The van der Waals surface area contributed by atoms with Crippen molar-refractivity contribution in [1.29, 1.82) is 0 Å². The van der Waals surface area contributed by atoms with Gasteiger partial charge in [0.1, 0.15) is 79.8 Å². The number of carbonyl (C=O) groups excluding carboxylic acids is 9. The highest BCUT2D eigenvalue weighted by Crippen LogP contribution is 2.44. The molecular weight excluding hydrogens is 1580 g/mol. The lowest BCUT2D eigenvalue weighted by Crippen LogP contribution is -2.64. The van der Waals surface area contributed by atoms with Crippen LogP contribution >= 0.6 is 15.6 Å². The van der Waals surface area contributed by atoms with E-state index < -0.39 is 209 Å². The molecule has 0 bridgehead atoms. The van der Waals surface area contributed by atoms with Gasteiger partial charge in [0.2, 0.25) is 53.2 Å². The van der Waals surface area contributed by atoms with E-state index in [1.54, 1.807) is 0 Å². The van der Waals surface area contributed by atoms with Crippen molar-refractivity contribution in [3.05, 3.63) is 0 Å². The summed E-state index contributed by atoms with van der Waals surface area (Å²) in [5.41, 5.74) is 0. The number of ether oxygens (including phenoxy) is 6. The summed E-state index contributed by atoms with van der Waals surface area (Å²) in [4.78, 5) is 137. The van der Waals surface area contributed by atoms with Crippen molar-refractivity contribution >= 4 is 68.8 Å². The molecule has 3 rings (SSSR count). The molecule has 0 aromatic rings. The second kappa shape index (κ2) is 59.5. The van der Waals surface area contributed by atoms with Crippen LogP contribution in [0.2, 0.25) is 0 Å². The lowest BCUT2D eigenvalue weighted by Gasteiger charge is -2.42. The van der Waals surface area contributed by atoms with Gasteiger partial charge in [-0.25, -0.2) is 9.13 Å². The number of aliphatic hydroxyl groups is 11. The number of carbonyl (C=O) groups is 9. The summed E-state index contributed by atoms with van der Waals surface area (Å²) < 4.78 is 80.7. The Hall–Kier alpha value is -5.23. The van der Waals surface area contributed by atoms with Gasteiger partial charge in [-0.15, -0.1) is 0 Å². The van der Waals surface area contributed by atoms with Crippen LogP contribution in [0.1, 0.15) is 175 Å². The molecule has 0 aromatic carbocycles. The molecule has 17 unspecified atom stereocenters. The quantitative estimate of drug-likeness (QED) is 0.0158. The van der Waals surface area contributed by atoms with E-state index in [4.69, 9.17) is 46.5 Å². The van der Waals surface area contributed by atoms with Gasteiger partial charge in [0.15, 0.2) is 18.9 Å². The van der Waals surface area contributed by atoms with Crippen molar-refractivity contribution in [2.75, 3.05) is 132 Å². The third-order valence-electron chi connectivity index (χ3n) is 18.9. The van der Waals surface area contributed by atoms with E-state index in [9.17, 15) is 118 Å². The molecular formula is C71H131N9O34P2. The van der Waals surface area contributed by atoms with Crippen molar-refractivity contribution in [2.45, 2.75) is 267 Å². The molecule has 3 heterocycles. The van der Waals surface area contributed by atoms with Crippen molar-refractivity contribution in [1.82, 2.24) is 46.6 Å². The van der Waals surface area contributed by atoms with Crippen molar-refractivity contribution in [3.8, 4) is 0 Å². The van der Waals surface area contributed by atoms with Crippen LogP contribution in [-0.4, -0.2) is 358 Å². The van der Waals surface area contributed by atoms with Gasteiger partial charge in [-0.3, -0.25) is 61.2 Å². The first kappa shape index (κ1) is 105. The zero-order valence-corrected chi connectivity index (χ0v) is 68.7. The van der Waals surface area contributed by atoms with Gasteiger partial charge < -0.3 is 141 Å². The molecule has 17 atom stereocenters. The fourth-order valence-corrected chi connectivity index (χ4v) is 13.9. The molecule has 0 saturated carbocycles. The van der Waals surface area contributed by atoms with Gasteiger partial charge >= 0.3 is 15.6 Å². The number of aliphatic hydroxyl groups excluding tert-OH is 11. The Bertz CT molecular complexity index is 2950. The van der Waals surface area contributed by atoms with Gasteiger partial charge in [0.05, 0.1) is 52.9 Å². The standard InChI is InChI=1S/C71H131N9O34P2/c1-48(86)75-60-66(98)63(95)51(44-83)112-69(60)105-38-19-7-10-22-54(89)72-28-16-4-13-25-57(92)78(31-36-81)33-41-108-115(101,102)109-43-35-80(59(94)27-15-6-18-30-74-56(91)24-12-9-21-40-107-71-62(77-50(3)88)68(100)65(97)53(46-85)114-71)47-111-116(103,104)110-42-34-79(32-37-82)58(93)26-14-5-17-29-73-55(90)23-11-8-20-39-106-70-61(76-49(2)87)67(99)64(96)52(45-84)113-70/h51-53,60-71,81-85,95-100H,4-47H2,1-3H3,(H,72,89)(H,73,90)(H,74,91)(H,75,86)(H,76,87)(H,77,88)(H,101,102)(H,103,104). The molecule has 0 aliphatic carbocycles. The minimum atomic E-state index is -5.01. The van der Waals surface area contributed by atoms with Gasteiger partial charge in [0, 0.05) is 131 Å². The van der Waals surface area contributed by atoms with Crippen LogP contribution in [0.3, 0.4) is 0 Å². The number of hydrogen-bond donors (Lipinski definition) is 19. The lowest BCUT2D eigenvalue weighted by molar-refractivity contribution is -0.270. The first-order valence-corrected chi connectivity index (χ1v) is 42.9. The van der Waals surface area contributed by atoms with Crippen LogP contribution in [0.15, 0.2) is 0 Å². The Kier molecular flexibility index (Phi) is 53.8. The highest BCUT2D eigenvalue weighted by atomic mass is 31.2. The third kappa shape index (κ3) is 42.8. The molecule has 674 valence electrons. The van der Waals surface area contributed by atoms with E-state index >= 15 is 0 Å². The predicted molar refractivity (Wildman–Crippen MR) is 406 cm³/mol. The van der Waals surface area contributed by atoms with Crippen LogP contribution in [0.4, 0.5) is 0 Å². The van der Waals surface area contributed by atoms with Gasteiger partial charge in [-0.05, 0) is 77.0 Å². The highest BCUT2D eigenvalue weighted by molar-refractivity contribution is 7.47. The molecule has 116 heavy (non-hydrogen) atoms. The van der Waals surface area contributed by atoms with E-state index in [1.165, 1.54) is 30.6 Å². The molecule has 45 heteroatoms. The maximum absolute atomic E-state index is 13.7. The second-order valence-electron chi connectivity index (χ2n) is 28.4. The zero-order chi connectivity index (χ0) is 86.0. The summed E-state index contributed by atoms with van der Waals surface area (Å²) in [5.74, 6) is -3.54.